The third kappa shape index (κ3) is 4.22. The third-order valence-corrected chi connectivity index (χ3v) is 4.30. The van der Waals surface area contributed by atoms with Gasteiger partial charge in [-0.05, 0) is 31.0 Å². The first-order valence-electron chi connectivity index (χ1n) is 7.42. The van der Waals surface area contributed by atoms with E-state index in [0.29, 0.717) is 6.10 Å². The van der Waals surface area contributed by atoms with Gasteiger partial charge in [0.25, 0.3) is 0 Å². The molecule has 0 saturated carbocycles. The Labute approximate surface area is 124 Å². The number of hydrogen-bond acceptors (Lipinski definition) is 2. The molecule has 0 amide bonds. The van der Waals surface area contributed by atoms with Gasteiger partial charge in [0.1, 0.15) is 11.9 Å². The van der Waals surface area contributed by atoms with Crippen LogP contribution in [0.3, 0.4) is 0 Å². The Morgan fingerprint density at radius 1 is 1.26 bits per heavy atom. The van der Waals surface area contributed by atoms with Crippen LogP contribution in [0.25, 0.3) is 0 Å². The summed E-state index contributed by atoms with van der Waals surface area (Å²) in [5, 5.41) is 0. The molecule has 0 aliphatic carbocycles. The van der Waals surface area contributed by atoms with Crippen LogP contribution in [-0.2, 0) is 0 Å². The van der Waals surface area contributed by atoms with Crippen LogP contribution in [0, 0.1) is 0 Å². The summed E-state index contributed by atoms with van der Waals surface area (Å²) in [6.07, 6.45) is 8.93. The maximum atomic E-state index is 6.26. The molecule has 2 rings (SSSR count). The summed E-state index contributed by atoms with van der Waals surface area (Å²) in [6.45, 7) is 2.25. The van der Waals surface area contributed by atoms with Crippen LogP contribution in [0.15, 0.2) is 22.7 Å². The fourth-order valence-electron chi connectivity index (χ4n) is 2.71. The minimum Gasteiger partial charge on any atom is -0.490 e. The van der Waals surface area contributed by atoms with Crippen molar-refractivity contribution in [2.24, 2.45) is 5.73 Å². The first-order valence-corrected chi connectivity index (χ1v) is 8.21. The molecule has 106 valence electrons. The standard InChI is InChI=1S/C16H24BrNO/c1-2-3-4-5-6-7-13-11-15(18)14-10-12(17)8-9-16(14)19-13/h8-10,13,15H,2-7,11,18H2,1H3. The SMILES string of the molecule is CCCCCCCC1CC(N)c2cc(Br)ccc2O1. The molecule has 0 spiro atoms. The Morgan fingerprint density at radius 2 is 2.05 bits per heavy atom. The quantitative estimate of drug-likeness (QED) is 0.750. The predicted molar refractivity (Wildman–Crippen MR) is 83.5 cm³/mol. The van der Waals surface area contributed by atoms with E-state index in [0.717, 1.165) is 28.6 Å². The number of benzene rings is 1. The van der Waals surface area contributed by atoms with Crippen molar-refractivity contribution in [3.05, 3.63) is 28.2 Å². The molecule has 0 fully saturated rings. The summed E-state index contributed by atoms with van der Waals surface area (Å²) in [5.74, 6) is 0.973. The second-order valence-corrected chi connectivity index (χ2v) is 6.38. The van der Waals surface area contributed by atoms with Gasteiger partial charge in [0.2, 0.25) is 0 Å². The van der Waals surface area contributed by atoms with Crippen molar-refractivity contribution in [3.8, 4) is 5.75 Å². The molecule has 1 aliphatic rings. The number of unbranched alkanes of at least 4 members (excludes halogenated alkanes) is 4. The fourth-order valence-corrected chi connectivity index (χ4v) is 3.09. The van der Waals surface area contributed by atoms with Gasteiger partial charge in [0.15, 0.2) is 0 Å². The smallest absolute Gasteiger partial charge is 0.124 e. The first-order chi connectivity index (χ1) is 9.20. The average Bonchev–Trinajstić information content (AvgIpc) is 2.39. The Morgan fingerprint density at radius 3 is 2.84 bits per heavy atom. The van der Waals surface area contributed by atoms with Crippen LogP contribution in [0.1, 0.15) is 63.5 Å². The molecule has 3 heteroatoms. The highest BCUT2D eigenvalue weighted by atomic mass is 79.9. The lowest BCUT2D eigenvalue weighted by atomic mass is 9.94. The zero-order valence-electron chi connectivity index (χ0n) is 11.7. The highest BCUT2D eigenvalue weighted by Crippen LogP contribution is 2.36. The molecule has 1 aromatic rings. The number of nitrogens with two attached hydrogens (primary N) is 1. The van der Waals surface area contributed by atoms with Crippen molar-refractivity contribution < 1.29 is 4.74 Å². The van der Waals surface area contributed by atoms with Crippen molar-refractivity contribution in [2.45, 2.75) is 64.0 Å². The second-order valence-electron chi connectivity index (χ2n) is 5.47. The van der Waals surface area contributed by atoms with Gasteiger partial charge in [-0.15, -0.1) is 0 Å². The number of hydrogen-bond donors (Lipinski definition) is 1. The van der Waals surface area contributed by atoms with Crippen molar-refractivity contribution in [3.63, 3.8) is 0 Å². The molecule has 2 nitrogen and oxygen atoms in total. The molecule has 2 unspecified atom stereocenters. The molecule has 2 atom stereocenters. The molecular weight excluding hydrogens is 302 g/mol. The van der Waals surface area contributed by atoms with Gasteiger partial charge in [-0.3, -0.25) is 0 Å². The number of rotatable bonds is 6. The van der Waals surface area contributed by atoms with E-state index < -0.39 is 0 Å². The highest BCUT2D eigenvalue weighted by Gasteiger charge is 2.25. The van der Waals surface area contributed by atoms with E-state index in [1.54, 1.807) is 0 Å². The number of halogens is 1. The van der Waals surface area contributed by atoms with Crippen molar-refractivity contribution >= 4 is 15.9 Å². The monoisotopic (exact) mass is 325 g/mol. The van der Waals surface area contributed by atoms with E-state index in [1.807, 2.05) is 12.1 Å². The summed E-state index contributed by atoms with van der Waals surface area (Å²) in [5.41, 5.74) is 7.39. The van der Waals surface area contributed by atoms with Gasteiger partial charge < -0.3 is 10.5 Å². The van der Waals surface area contributed by atoms with Crippen LogP contribution in [0.2, 0.25) is 0 Å². The van der Waals surface area contributed by atoms with E-state index in [9.17, 15) is 0 Å². The van der Waals surface area contributed by atoms with Crippen molar-refractivity contribution in [1.29, 1.82) is 0 Å². The van der Waals surface area contributed by atoms with Gasteiger partial charge in [-0.1, -0.05) is 48.5 Å². The number of fused-ring (bicyclic) bond motifs is 1. The van der Waals surface area contributed by atoms with Crippen molar-refractivity contribution in [1.82, 2.24) is 0 Å². The van der Waals surface area contributed by atoms with E-state index in [1.165, 1.54) is 32.1 Å². The molecule has 0 aromatic heterocycles. The van der Waals surface area contributed by atoms with Crippen LogP contribution >= 0.6 is 15.9 Å². The van der Waals surface area contributed by atoms with Crippen LogP contribution in [-0.4, -0.2) is 6.10 Å². The largest absolute Gasteiger partial charge is 0.490 e. The van der Waals surface area contributed by atoms with Crippen LogP contribution in [0.5, 0.6) is 5.75 Å². The summed E-state index contributed by atoms with van der Waals surface area (Å²) < 4.78 is 7.14. The zero-order chi connectivity index (χ0) is 13.7. The van der Waals surface area contributed by atoms with Gasteiger partial charge in [0.05, 0.1) is 0 Å². The molecule has 2 N–H and O–H groups in total. The minimum atomic E-state index is 0.113. The summed E-state index contributed by atoms with van der Waals surface area (Å²) in [4.78, 5) is 0. The Bertz CT molecular complexity index is 408. The van der Waals surface area contributed by atoms with E-state index >= 15 is 0 Å². The molecule has 19 heavy (non-hydrogen) atoms. The Kier molecular flexibility index (Phi) is 5.71. The molecule has 1 aromatic carbocycles. The Hall–Kier alpha value is -0.540. The lowest BCUT2D eigenvalue weighted by Crippen LogP contribution is -2.29. The maximum absolute atomic E-state index is 6.26. The summed E-state index contributed by atoms with van der Waals surface area (Å²) in [7, 11) is 0. The second kappa shape index (κ2) is 7.30. The van der Waals surface area contributed by atoms with E-state index in [2.05, 4.69) is 28.9 Å². The lowest BCUT2D eigenvalue weighted by molar-refractivity contribution is 0.146. The molecule has 0 bridgehead atoms. The summed E-state index contributed by atoms with van der Waals surface area (Å²) in [6, 6.07) is 6.25. The minimum absolute atomic E-state index is 0.113. The molecule has 1 aliphatic heterocycles. The van der Waals surface area contributed by atoms with Crippen LogP contribution in [0.4, 0.5) is 0 Å². The Balaban J connectivity index is 1.85. The molecular formula is C16H24BrNO. The van der Waals surface area contributed by atoms with Gasteiger partial charge >= 0.3 is 0 Å². The normalized spacial score (nSPS) is 21.8. The number of ether oxygens (including phenoxy) is 1. The highest BCUT2D eigenvalue weighted by molar-refractivity contribution is 9.10. The van der Waals surface area contributed by atoms with E-state index in [-0.39, 0.29) is 6.04 Å². The van der Waals surface area contributed by atoms with Crippen LogP contribution < -0.4 is 10.5 Å². The molecule has 0 saturated heterocycles. The molecule has 1 heterocycles. The third-order valence-electron chi connectivity index (χ3n) is 3.81. The zero-order valence-corrected chi connectivity index (χ0v) is 13.3. The predicted octanol–water partition coefficient (Wildman–Crippen LogP) is 4.96. The lowest BCUT2D eigenvalue weighted by Gasteiger charge is -2.30. The van der Waals surface area contributed by atoms with Gasteiger partial charge in [0, 0.05) is 22.5 Å². The van der Waals surface area contributed by atoms with E-state index in [4.69, 9.17) is 10.5 Å². The fraction of sp³-hybridized carbons (Fsp3) is 0.625. The molecule has 0 radical (unpaired) electrons. The van der Waals surface area contributed by atoms with Crippen molar-refractivity contribution in [2.75, 3.05) is 0 Å². The topological polar surface area (TPSA) is 35.2 Å². The summed E-state index contributed by atoms with van der Waals surface area (Å²) >= 11 is 3.49. The first kappa shape index (κ1) is 14.9. The van der Waals surface area contributed by atoms with Gasteiger partial charge in [-0.2, -0.15) is 0 Å². The maximum Gasteiger partial charge on any atom is 0.124 e. The average molecular weight is 326 g/mol. The van der Waals surface area contributed by atoms with Gasteiger partial charge in [-0.25, -0.2) is 0 Å².